The lowest BCUT2D eigenvalue weighted by atomic mass is 10.2. The van der Waals surface area contributed by atoms with Crippen molar-refractivity contribution in [3.63, 3.8) is 0 Å². The number of hydrogen-bond donors (Lipinski definition) is 2. The van der Waals surface area contributed by atoms with Crippen molar-refractivity contribution >= 4 is 7.60 Å². The largest absolute Gasteiger partial charge is 0.339 e. The van der Waals surface area contributed by atoms with Gasteiger partial charge >= 0.3 is 7.60 Å². The van der Waals surface area contributed by atoms with Crippen LogP contribution in [0.25, 0.3) is 0 Å². The van der Waals surface area contributed by atoms with Crippen molar-refractivity contribution in [2.75, 3.05) is 19.4 Å². The molecule has 0 unspecified atom stereocenters. The molecule has 0 spiro atoms. The zero-order valence-corrected chi connectivity index (χ0v) is 8.04. The summed E-state index contributed by atoms with van der Waals surface area (Å²) in [6.07, 6.45) is 4.46. The van der Waals surface area contributed by atoms with E-state index in [0.717, 1.165) is 25.9 Å². The van der Waals surface area contributed by atoms with Gasteiger partial charge in [0, 0.05) is 0 Å². The molecule has 12 heavy (non-hydrogen) atoms. The Balaban J connectivity index is 2.35. The summed E-state index contributed by atoms with van der Waals surface area (Å²) in [5.74, 6) is 0. The summed E-state index contributed by atoms with van der Waals surface area (Å²) in [6, 6.07) is 0. The van der Waals surface area contributed by atoms with Crippen LogP contribution in [0.4, 0.5) is 0 Å². The average molecular weight is 193 g/mol. The van der Waals surface area contributed by atoms with Crippen molar-refractivity contribution in [1.29, 1.82) is 0 Å². The first-order chi connectivity index (χ1) is 5.58. The Hall–Kier alpha value is 0.110. The molecule has 2 N–H and O–H groups in total. The van der Waals surface area contributed by atoms with Gasteiger partial charge in [-0.05, 0) is 25.9 Å². The molecule has 0 aliphatic carbocycles. The molecule has 4 nitrogen and oxygen atoms in total. The van der Waals surface area contributed by atoms with Crippen LogP contribution in [0, 0.1) is 0 Å². The number of likely N-dealkylation sites (tertiary alicyclic amines) is 1. The zero-order valence-electron chi connectivity index (χ0n) is 7.15. The van der Waals surface area contributed by atoms with E-state index in [9.17, 15) is 4.57 Å². The quantitative estimate of drug-likeness (QED) is 0.642. The molecule has 1 saturated heterocycles. The smallest absolute Gasteiger partial charge is 0.324 e. The molecule has 0 aromatic heterocycles. The van der Waals surface area contributed by atoms with Gasteiger partial charge in [0.05, 0.1) is 0 Å². The lowest BCUT2D eigenvalue weighted by Crippen LogP contribution is -2.25. The molecule has 1 aliphatic rings. The summed E-state index contributed by atoms with van der Waals surface area (Å²) in [7, 11) is -3.83. The molecule has 1 heterocycles. The second-order valence-corrected chi connectivity index (χ2v) is 4.95. The van der Waals surface area contributed by atoms with Crippen LogP contribution >= 0.6 is 7.60 Å². The van der Waals surface area contributed by atoms with Crippen molar-refractivity contribution in [1.82, 2.24) is 4.90 Å². The summed E-state index contributed by atoms with van der Waals surface area (Å²) >= 11 is 0. The lowest BCUT2D eigenvalue weighted by Gasteiger charge is -2.19. The Labute approximate surface area is 72.7 Å². The minimum atomic E-state index is -3.83. The lowest BCUT2D eigenvalue weighted by molar-refractivity contribution is 0.283. The second kappa shape index (κ2) is 4.38. The standard InChI is InChI=1S/C7H16NO3P/c9-12(10,11)7-8-5-3-1-2-4-6-8/h1-7H2,(H2,9,10,11). The summed E-state index contributed by atoms with van der Waals surface area (Å²) in [5.41, 5.74) is 0. The first-order valence-corrected chi connectivity index (χ1v) is 6.15. The van der Waals surface area contributed by atoms with Gasteiger partial charge in [0.25, 0.3) is 0 Å². The third-order valence-corrected chi connectivity index (χ3v) is 2.85. The first kappa shape index (κ1) is 10.2. The van der Waals surface area contributed by atoms with Gasteiger partial charge < -0.3 is 9.79 Å². The fourth-order valence-corrected chi connectivity index (χ4v) is 2.34. The highest BCUT2D eigenvalue weighted by atomic mass is 31.2. The average Bonchev–Trinajstić information content (AvgIpc) is 2.12. The minimum absolute atomic E-state index is 0.0625. The molecule has 72 valence electrons. The SMILES string of the molecule is O=P(O)(O)CN1CCCCCC1. The second-order valence-electron chi connectivity index (χ2n) is 3.34. The van der Waals surface area contributed by atoms with E-state index in [0.29, 0.717) is 0 Å². The van der Waals surface area contributed by atoms with E-state index in [-0.39, 0.29) is 6.29 Å². The van der Waals surface area contributed by atoms with E-state index >= 15 is 0 Å². The fourth-order valence-electron chi connectivity index (χ4n) is 1.54. The summed E-state index contributed by atoms with van der Waals surface area (Å²) in [5, 5.41) is 0. The van der Waals surface area contributed by atoms with Gasteiger partial charge in [-0.15, -0.1) is 0 Å². The highest BCUT2D eigenvalue weighted by Crippen LogP contribution is 2.35. The summed E-state index contributed by atoms with van der Waals surface area (Å²) in [4.78, 5) is 19.3. The molecule has 0 aromatic rings. The van der Waals surface area contributed by atoms with Gasteiger partial charge in [-0.2, -0.15) is 0 Å². The fraction of sp³-hybridized carbons (Fsp3) is 1.00. The Bertz CT molecular complexity index is 171. The number of rotatable bonds is 2. The topological polar surface area (TPSA) is 60.8 Å². The summed E-state index contributed by atoms with van der Waals surface area (Å²) in [6.45, 7) is 1.68. The van der Waals surface area contributed by atoms with Crippen LogP contribution < -0.4 is 0 Å². The van der Waals surface area contributed by atoms with Crippen LogP contribution in [0.2, 0.25) is 0 Å². The van der Waals surface area contributed by atoms with Crippen molar-refractivity contribution in [3.05, 3.63) is 0 Å². The summed E-state index contributed by atoms with van der Waals surface area (Å²) < 4.78 is 10.7. The Morgan fingerprint density at radius 2 is 1.58 bits per heavy atom. The third kappa shape index (κ3) is 4.21. The molecule has 0 radical (unpaired) electrons. The van der Waals surface area contributed by atoms with Crippen molar-refractivity contribution < 1.29 is 14.4 Å². The maximum atomic E-state index is 10.7. The monoisotopic (exact) mass is 193 g/mol. The van der Waals surface area contributed by atoms with Crippen molar-refractivity contribution in [2.24, 2.45) is 0 Å². The molecule has 1 rings (SSSR count). The third-order valence-electron chi connectivity index (χ3n) is 2.08. The van der Waals surface area contributed by atoms with Gasteiger partial charge in [-0.3, -0.25) is 9.46 Å². The van der Waals surface area contributed by atoms with E-state index in [1.54, 1.807) is 0 Å². The van der Waals surface area contributed by atoms with Crippen LogP contribution in [0.1, 0.15) is 25.7 Å². The van der Waals surface area contributed by atoms with Crippen LogP contribution in [-0.2, 0) is 4.57 Å². The Morgan fingerprint density at radius 3 is 2.00 bits per heavy atom. The number of hydrogen-bond acceptors (Lipinski definition) is 2. The van der Waals surface area contributed by atoms with Gasteiger partial charge in [-0.1, -0.05) is 12.8 Å². The van der Waals surface area contributed by atoms with Crippen molar-refractivity contribution in [2.45, 2.75) is 25.7 Å². The van der Waals surface area contributed by atoms with Crippen LogP contribution in [0.5, 0.6) is 0 Å². The molecule has 0 saturated carbocycles. The van der Waals surface area contributed by atoms with Crippen LogP contribution in [0.3, 0.4) is 0 Å². The van der Waals surface area contributed by atoms with Gasteiger partial charge in [0.2, 0.25) is 0 Å². The predicted octanol–water partition coefficient (Wildman–Crippen LogP) is 0.998. The van der Waals surface area contributed by atoms with E-state index in [1.165, 1.54) is 12.8 Å². The van der Waals surface area contributed by atoms with E-state index in [1.807, 2.05) is 4.90 Å². The van der Waals surface area contributed by atoms with E-state index in [2.05, 4.69) is 0 Å². The van der Waals surface area contributed by atoms with Crippen molar-refractivity contribution in [3.8, 4) is 0 Å². The van der Waals surface area contributed by atoms with Gasteiger partial charge in [0.1, 0.15) is 6.29 Å². The molecule has 1 fully saturated rings. The Kier molecular flexibility index (Phi) is 3.72. The van der Waals surface area contributed by atoms with E-state index < -0.39 is 7.60 Å². The molecule has 0 amide bonds. The maximum absolute atomic E-state index is 10.7. The minimum Gasteiger partial charge on any atom is -0.324 e. The zero-order chi connectivity index (χ0) is 9.03. The normalized spacial score (nSPS) is 22.2. The molecule has 1 aliphatic heterocycles. The Morgan fingerprint density at radius 1 is 1.08 bits per heavy atom. The first-order valence-electron chi connectivity index (χ1n) is 4.35. The predicted molar refractivity (Wildman–Crippen MR) is 47.0 cm³/mol. The molecule has 5 heteroatoms. The molecule has 0 aromatic carbocycles. The molecule has 0 atom stereocenters. The molecule has 0 bridgehead atoms. The molecular weight excluding hydrogens is 177 g/mol. The highest BCUT2D eigenvalue weighted by molar-refractivity contribution is 7.51. The van der Waals surface area contributed by atoms with Crippen LogP contribution in [-0.4, -0.2) is 34.1 Å². The van der Waals surface area contributed by atoms with Gasteiger partial charge in [0.15, 0.2) is 0 Å². The molecular formula is C7H16NO3P. The highest BCUT2D eigenvalue weighted by Gasteiger charge is 2.19. The van der Waals surface area contributed by atoms with Crippen LogP contribution in [0.15, 0.2) is 0 Å². The van der Waals surface area contributed by atoms with E-state index in [4.69, 9.17) is 9.79 Å². The van der Waals surface area contributed by atoms with Gasteiger partial charge in [-0.25, -0.2) is 0 Å². The number of nitrogens with zero attached hydrogens (tertiary/aromatic N) is 1. The maximum Gasteiger partial charge on any atom is 0.339 e.